The van der Waals surface area contributed by atoms with Crippen molar-refractivity contribution in [1.29, 1.82) is 0 Å². The fourth-order valence-corrected chi connectivity index (χ4v) is 5.03. The standard InChI is InChI=1S/C34H66O5/c1-4-6-8-10-12-14-16-18-20-22-24-26-28-33(35)38-31-32(30-37-3)39-34(36)29-27-25-23-21-19-17-15-13-11-9-7-5-2/h32H,4-31H2,1-3H3. The predicted molar refractivity (Wildman–Crippen MR) is 164 cm³/mol. The third-order valence-electron chi connectivity index (χ3n) is 7.55. The minimum atomic E-state index is -0.522. The Morgan fingerprint density at radius 2 is 0.795 bits per heavy atom. The highest BCUT2D eigenvalue weighted by molar-refractivity contribution is 5.70. The molecule has 0 aliphatic rings. The molecule has 0 spiro atoms. The van der Waals surface area contributed by atoms with Gasteiger partial charge in [0.05, 0.1) is 6.61 Å². The van der Waals surface area contributed by atoms with Crippen LogP contribution in [0.3, 0.4) is 0 Å². The number of methoxy groups -OCH3 is 1. The molecule has 0 N–H and O–H groups in total. The van der Waals surface area contributed by atoms with E-state index >= 15 is 0 Å². The highest BCUT2D eigenvalue weighted by Crippen LogP contribution is 2.14. The molecule has 0 aliphatic heterocycles. The lowest BCUT2D eigenvalue weighted by atomic mass is 10.0. The number of ether oxygens (including phenoxy) is 3. The highest BCUT2D eigenvalue weighted by atomic mass is 16.6. The summed E-state index contributed by atoms with van der Waals surface area (Å²) in [5.74, 6) is -0.429. The van der Waals surface area contributed by atoms with Crippen molar-refractivity contribution in [2.24, 2.45) is 0 Å². The van der Waals surface area contributed by atoms with Crippen molar-refractivity contribution in [3.05, 3.63) is 0 Å². The van der Waals surface area contributed by atoms with Gasteiger partial charge in [-0.25, -0.2) is 0 Å². The molecule has 5 heteroatoms. The second kappa shape index (κ2) is 31.4. The SMILES string of the molecule is CCCCCCCCCCCCCCC(=O)OCC(COC)OC(=O)CCCCCCCCCCCCCC. The fourth-order valence-electron chi connectivity index (χ4n) is 5.03. The van der Waals surface area contributed by atoms with Crippen LogP contribution in [0.4, 0.5) is 0 Å². The van der Waals surface area contributed by atoms with E-state index in [-0.39, 0.29) is 25.2 Å². The van der Waals surface area contributed by atoms with Gasteiger partial charge in [0, 0.05) is 20.0 Å². The molecular weight excluding hydrogens is 488 g/mol. The van der Waals surface area contributed by atoms with Crippen LogP contribution in [0.2, 0.25) is 0 Å². The molecule has 0 radical (unpaired) electrons. The highest BCUT2D eigenvalue weighted by Gasteiger charge is 2.17. The van der Waals surface area contributed by atoms with Gasteiger partial charge in [-0.15, -0.1) is 0 Å². The Labute approximate surface area is 242 Å². The van der Waals surface area contributed by atoms with E-state index in [1.54, 1.807) is 7.11 Å². The third kappa shape index (κ3) is 29.7. The largest absolute Gasteiger partial charge is 0.462 e. The third-order valence-corrected chi connectivity index (χ3v) is 7.55. The maximum atomic E-state index is 12.2. The van der Waals surface area contributed by atoms with Crippen molar-refractivity contribution in [2.45, 2.75) is 187 Å². The molecule has 0 aromatic carbocycles. The second-order valence-corrected chi connectivity index (χ2v) is 11.5. The van der Waals surface area contributed by atoms with Gasteiger partial charge in [0.2, 0.25) is 0 Å². The average Bonchev–Trinajstić information content (AvgIpc) is 2.93. The molecule has 0 bridgehead atoms. The molecule has 0 amide bonds. The summed E-state index contributed by atoms with van der Waals surface area (Å²) in [5, 5.41) is 0. The van der Waals surface area contributed by atoms with E-state index in [1.807, 2.05) is 0 Å². The lowest BCUT2D eigenvalue weighted by Crippen LogP contribution is -2.29. The summed E-state index contributed by atoms with van der Waals surface area (Å²) in [6.07, 6.45) is 30.8. The predicted octanol–water partition coefficient (Wildman–Crippen LogP) is 10.3. The summed E-state index contributed by atoms with van der Waals surface area (Å²) in [5.41, 5.74) is 0. The summed E-state index contributed by atoms with van der Waals surface area (Å²) in [4.78, 5) is 24.3. The van der Waals surface area contributed by atoms with Crippen molar-refractivity contribution in [3.63, 3.8) is 0 Å². The van der Waals surface area contributed by atoms with Crippen LogP contribution in [-0.2, 0) is 23.8 Å². The van der Waals surface area contributed by atoms with E-state index in [0.29, 0.717) is 12.8 Å². The number of hydrogen-bond acceptors (Lipinski definition) is 5. The Morgan fingerprint density at radius 1 is 0.462 bits per heavy atom. The van der Waals surface area contributed by atoms with Gasteiger partial charge >= 0.3 is 11.9 Å². The first-order valence-corrected chi connectivity index (χ1v) is 17.0. The molecule has 232 valence electrons. The molecule has 0 rings (SSSR count). The quantitative estimate of drug-likeness (QED) is 0.0630. The molecule has 0 saturated heterocycles. The summed E-state index contributed by atoms with van der Waals surface area (Å²) in [6.45, 7) is 4.85. The Morgan fingerprint density at radius 3 is 1.15 bits per heavy atom. The lowest BCUT2D eigenvalue weighted by molar-refractivity contribution is -0.162. The second-order valence-electron chi connectivity index (χ2n) is 11.5. The minimum Gasteiger partial charge on any atom is -0.462 e. The van der Waals surface area contributed by atoms with E-state index in [1.165, 1.54) is 128 Å². The van der Waals surface area contributed by atoms with E-state index in [4.69, 9.17) is 14.2 Å². The van der Waals surface area contributed by atoms with Gasteiger partial charge in [0.1, 0.15) is 6.61 Å². The van der Waals surface area contributed by atoms with E-state index < -0.39 is 6.10 Å². The summed E-state index contributed by atoms with van der Waals surface area (Å²) in [6, 6.07) is 0. The zero-order chi connectivity index (χ0) is 28.7. The molecular formula is C34H66O5. The Hall–Kier alpha value is -1.10. The molecule has 1 unspecified atom stereocenters. The fraction of sp³-hybridized carbons (Fsp3) is 0.941. The van der Waals surface area contributed by atoms with Crippen LogP contribution >= 0.6 is 0 Å². The average molecular weight is 555 g/mol. The van der Waals surface area contributed by atoms with E-state index in [9.17, 15) is 9.59 Å². The van der Waals surface area contributed by atoms with Gasteiger partial charge in [-0.2, -0.15) is 0 Å². The number of unbranched alkanes of at least 4 members (excludes halogenated alkanes) is 22. The number of carbonyl (C=O) groups excluding carboxylic acids is 2. The van der Waals surface area contributed by atoms with Gasteiger partial charge in [-0.05, 0) is 12.8 Å². The van der Waals surface area contributed by atoms with E-state index in [0.717, 1.165) is 25.7 Å². The van der Waals surface area contributed by atoms with Crippen molar-refractivity contribution in [1.82, 2.24) is 0 Å². The van der Waals surface area contributed by atoms with Crippen LogP contribution in [0, 0.1) is 0 Å². The van der Waals surface area contributed by atoms with Crippen molar-refractivity contribution >= 4 is 11.9 Å². The summed E-state index contributed by atoms with van der Waals surface area (Å²) in [7, 11) is 1.57. The van der Waals surface area contributed by atoms with Crippen LogP contribution in [0.1, 0.15) is 181 Å². The van der Waals surface area contributed by atoms with Crippen molar-refractivity contribution < 1.29 is 23.8 Å². The first-order chi connectivity index (χ1) is 19.1. The molecule has 0 aromatic rings. The molecule has 0 saturated carbocycles. The summed E-state index contributed by atoms with van der Waals surface area (Å²) < 4.78 is 16.1. The van der Waals surface area contributed by atoms with Crippen molar-refractivity contribution in [2.75, 3.05) is 20.3 Å². The lowest BCUT2D eigenvalue weighted by Gasteiger charge is -2.17. The van der Waals surface area contributed by atoms with Crippen LogP contribution in [0.25, 0.3) is 0 Å². The summed E-state index contributed by atoms with van der Waals surface area (Å²) >= 11 is 0. The minimum absolute atomic E-state index is 0.0785. The van der Waals surface area contributed by atoms with Crippen LogP contribution in [-0.4, -0.2) is 38.4 Å². The van der Waals surface area contributed by atoms with E-state index in [2.05, 4.69) is 13.8 Å². The Balaban J connectivity index is 3.66. The molecule has 0 fully saturated rings. The van der Waals surface area contributed by atoms with Gasteiger partial charge in [0.25, 0.3) is 0 Å². The van der Waals surface area contributed by atoms with Crippen LogP contribution in [0.5, 0.6) is 0 Å². The zero-order valence-electron chi connectivity index (χ0n) is 26.4. The van der Waals surface area contributed by atoms with Gasteiger partial charge in [-0.1, -0.05) is 155 Å². The van der Waals surface area contributed by atoms with Crippen LogP contribution < -0.4 is 0 Å². The first-order valence-electron chi connectivity index (χ1n) is 17.0. The number of esters is 2. The monoisotopic (exact) mass is 554 g/mol. The van der Waals surface area contributed by atoms with Gasteiger partial charge < -0.3 is 14.2 Å². The van der Waals surface area contributed by atoms with Gasteiger partial charge in [0.15, 0.2) is 6.10 Å². The molecule has 39 heavy (non-hydrogen) atoms. The molecule has 0 aliphatic carbocycles. The number of hydrogen-bond donors (Lipinski definition) is 0. The molecule has 0 aromatic heterocycles. The smallest absolute Gasteiger partial charge is 0.306 e. The molecule has 0 heterocycles. The molecule has 1 atom stereocenters. The topological polar surface area (TPSA) is 61.8 Å². The first kappa shape index (κ1) is 37.9. The van der Waals surface area contributed by atoms with Crippen LogP contribution in [0.15, 0.2) is 0 Å². The number of carbonyl (C=O) groups is 2. The van der Waals surface area contributed by atoms with Crippen molar-refractivity contribution in [3.8, 4) is 0 Å². The Bertz CT molecular complexity index is 522. The maximum absolute atomic E-state index is 12.2. The maximum Gasteiger partial charge on any atom is 0.306 e. The normalized spacial score (nSPS) is 12.0. The van der Waals surface area contributed by atoms with Gasteiger partial charge in [-0.3, -0.25) is 9.59 Å². The molecule has 5 nitrogen and oxygen atoms in total. The zero-order valence-corrected chi connectivity index (χ0v) is 26.4. The Kier molecular flexibility index (Phi) is 30.5. The number of rotatable bonds is 31.